The molecule has 0 spiro atoms. The van der Waals surface area contributed by atoms with Gasteiger partial charge in [-0.1, -0.05) is 25.4 Å². The van der Waals surface area contributed by atoms with Crippen molar-refractivity contribution < 1.29 is 4.74 Å². The van der Waals surface area contributed by atoms with Gasteiger partial charge in [0.2, 0.25) is 0 Å². The maximum Gasteiger partial charge on any atom is 0.145 e. The lowest BCUT2D eigenvalue weighted by molar-refractivity contribution is 0.229. The van der Waals surface area contributed by atoms with Crippen LogP contribution >= 0.6 is 24.2 Å². The van der Waals surface area contributed by atoms with Gasteiger partial charge in [-0.15, -0.1) is 0 Å². The van der Waals surface area contributed by atoms with Gasteiger partial charge in [-0.25, -0.2) is 0 Å². The molecule has 0 fully saturated rings. The van der Waals surface area contributed by atoms with Gasteiger partial charge in [0.05, 0.1) is 11.6 Å². The van der Waals surface area contributed by atoms with Crippen molar-refractivity contribution in [2.75, 3.05) is 12.4 Å². The molecule has 2 nitrogen and oxygen atoms in total. The van der Waals surface area contributed by atoms with Crippen molar-refractivity contribution in [2.45, 2.75) is 13.8 Å². The first-order valence-corrected chi connectivity index (χ1v) is 7.41. The van der Waals surface area contributed by atoms with Crippen molar-refractivity contribution in [3.63, 3.8) is 0 Å². The summed E-state index contributed by atoms with van der Waals surface area (Å²) in [5.41, 5.74) is 0.816. The van der Waals surface area contributed by atoms with Gasteiger partial charge >= 0.3 is 0 Å². The predicted octanol–water partition coefficient (Wildman–Crippen LogP) is 4.47. The van der Waals surface area contributed by atoms with Crippen molar-refractivity contribution in [1.29, 1.82) is 0 Å². The highest BCUT2D eigenvalue weighted by Gasteiger charge is 2.14. The van der Waals surface area contributed by atoms with Crippen LogP contribution < -0.4 is 4.74 Å². The summed E-state index contributed by atoms with van der Waals surface area (Å²) in [7, 11) is 0. The van der Waals surface area contributed by atoms with Gasteiger partial charge in [-0.2, -0.15) is 12.6 Å². The molecule has 0 N–H and O–H groups in total. The number of rotatable bonds is 5. The zero-order chi connectivity index (χ0) is 13.8. The van der Waals surface area contributed by atoms with E-state index in [1.807, 2.05) is 24.3 Å². The van der Waals surface area contributed by atoms with Crippen molar-refractivity contribution in [3.05, 3.63) is 35.5 Å². The molecule has 1 aromatic heterocycles. The number of benzene rings is 1. The Hall–Kier alpha value is -0.930. The maximum atomic E-state index is 6.16. The van der Waals surface area contributed by atoms with Crippen molar-refractivity contribution >= 4 is 35.1 Å². The fourth-order valence-electron chi connectivity index (χ4n) is 1.88. The molecule has 0 saturated carbocycles. The summed E-state index contributed by atoms with van der Waals surface area (Å²) < 4.78 is 5.92. The molecule has 1 heterocycles. The molecule has 1 atom stereocenters. The fourth-order valence-corrected chi connectivity index (χ4v) is 2.62. The lowest BCUT2D eigenvalue weighted by Crippen LogP contribution is -2.19. The van der Waals surface area contributed by atoms with Crippen LogP contribution in [0.2, 0.25) is 5.02 Å². The van der Waals surface area contributed by atoms with Gasteiger partial charge in [-0.3, -0.25) is 4.98 Å². The molecule has 102 valence electrons. The summed E-state index contributed by atoms with van der Waals surface area (Å²) in [5.74, 6) is 2.57. The van der Waals surface area contributed by atoms with E-state index in [-0.39, 0.29) is 0 Å². The Labute approximate surface area is 124 Å². The fraction of sp³-hybridized carbons (Fsp3) is 0.400. The van der Waals surface area contributed by atoms with Gasteiger partial charge in [0.15, 0.2) is 0 Å². The van der Waals surface area contributed by atoms with Crippen LogP contribution in [0.4, 0.5) is 0 Å². The van der Waals surface area contributed by atoms with Gasteiger partial charge in [0.1, 0.15) is 11.3 Å². The number of hydrogen-bond donors (Lipinski definition) is 1. The van der Waals surface area contributed by atoms with E-state index in [1.54, 1.807) is 6.20 Å². The van der Waals surface area contributed by atoms with Crippen molar-refractivity contribution in [3.8, 4) is 5.75 Å². The van der Waals surface area contributed by atoms with E-state index in [2.05, 4.69) is 31.5 Å². The maximum absolute atomic E-state index is 6.16. The first-order chi connectivity index (χ1) is 9.13. The largest absolute Gasteiger partial charge is 0.491 e. The lowest BCUT2D eigenvalue weighted by Gasteiger charge is -2.19. The number of aromatic nitrogens is 1. The highest BCUT2D eigenvalue weighted by molar-refractivity contribution is 7.80. The van der Waals surface area contributed by atoms with Crippen LogP contribution in [0.15, 0.2) is 30.5 Å². The minimum absolute atomic E-state index is 0.428. The van der Waals surface area contributed by atoms with Crippen LogP contribution in [0.5, 0.6) is 5.75 Å². The first-order valence-electron chi connectivity index (χ1n) is 6.40. The molecule has 1 unspecified atom stereocenters. The number of hydrogen-bond acceptors (Lipinski definition) is 3. The molecule has 2 aromatic rings. The standard InChI is InChI=1S/C15H18ClNOS/c1-10(2)11(9-19)8-18-14-6-5-13(16)12-4-3-7-17-15(12)14/h3-7,10-11,19H,8-9H2,1-2H3. The normalized spacial score (nSPS) is 12.9. The third kappa shape index (κ3) is 3.34. The summed E-state index contributed by atoms with van der Waals surface area (Å²) in [6.45, 7) is 5.01. The molecule has 19 heavy (non-hydrogen) atoms. The predicted molar refractivity (Wildman–Crippen MR) is 84.4 cm³/mol. The average molecular weight is 296 g/mol. The van der Waals surface area contributed by atoms with Crippen molar-refractivity contribution in [2.24, 2.45) is 11.8 Å². The van der Waals surface area contributed by atoms with E-state index in [4.69, 9.17) is 16.3 Å². The smallest absolute Gasteiger partial charge is 0.145 e. The molecule has 2 rings (SSSR count). The molecular weight excluding hydrogens is 278 g/mol. The molecule has 0 bridgehead atoms. The topological polar surface area (TPSA) is 22.1 Å². The summed E-state index contributed by atoms with van der Waals surface area (Å²) in [4.78, 5) is 4.36. The molecule has 0 aliphatic rings. The van der Waals surface area contributed by atoms with Crippen LogP contribution in [0, 0.1) is 11.8 Å². The zero-order valence-corrected chi connectivity index (χ0v) is 12.8. The molecule has 0 amide bonds. The van der Waals surface area contributed by atoms with Gasteiger partial charge < -0.3 is 4.74 Å². The molecule has 0 radical (unpaired) electrons. The number of nitrogens with zero attached hydrogens (tertiary/aromatic N) is 1. The van der Waals surface area contributed by atoms with E-state index in [0.29, 0.717) is 23.5 Å². The molecule has 0 saturated heterocycles. The quantitative estimate of drug-likeness (QED) is 0.822. The third-order valence-corrected chi connectivity index (χ3v) is 4.11. The summed E-state index contributed by atoms with van der Waals surface area (Å²) >= 11 is 10.5. The Morgan fingerprint density at radius 2 is 2.11 bits per heavy atom. The van der Waals surface area contributed by atoms with Crippen LogP contribution in [-0.4, -0.2) is 17.3 Å². The number of ether oxygens (including phenoxy) is 1. The summed E-state index contributed by atoms with van der Waals surface area (Å²) in [6.07, 6.45) is 1.75. The first kappa shape index (κ1) is 14.5. The van der Waals surface area contributed by atoms with Gasteiger partial charge in [-0.05, 0) is 35.9 Å². The number of halogens is 1. The highest BCUT2D eigenvalue weighted by atomic mass is 35.5. The highest BCUT2D eigenvalue weighted by Crippen LogP contribution is 2.30. The monoisotopic (exact) mass is 295 g/mol. The van der Waals surface area contributed by atoms with E-state index in [9.17, 15) is 0 Å². The Morgan fingerprint density at radius 1 is 1.32 bits per heavy atom. The Balaban J connectivity index is 2.24. The Bertz CT molecular complexity index is 559. The minimum atomic E-state index is 0.428. The van der Waals surface area contributed by atoms with E-state index < -0.39 is 0 Å². The molecule has 0 aliphatic heterocycles. The Kier molecular flexibility index (Phi) is 4.94. The van der Waals surface area contributed by atoms with E-state index in [0.717, 1.165) is 22.4 Å². The van der Waals surface area contributed by atoms with Gasteiger partial charge in [0.25, 0.3) is 0 Å². The van der Waals surface area contributed by atoms with Gasteiger partial charge in [0, 0.05) is 17.5 Å². The van der Waals surface area contributed by atoms with Crippen LogP contribution in [0.3, 0.4) is 0 Å². The van der Waals surface area contributed by atoms with E-state index >= 15 is 0 Å². The third-order valence-electron chi connectivity index (χ3n) is 3.31. The number of pyridine rings is 1. The number of fused-ring (bicyclic) bond motifs is 1. The second kappa shape index (κ2) is 6.49. The van der Waals surface area contributed by atoms with Crippen LogP contribution in [0.1, 0.15) is 13.8 Å². The molecular formula is C15H18ClNOS. The average Bonchev–Trinajstić information content (AvgIpc) is 2.42. The SMILES string of the molecule is CC(C)C(CS)COc1ccc(Cl)c2cccnc12. The number of thiol groups is 1. The second-order valence-corrected chi connectivity index (χ2v) is 5.72. The lowest BCUT2D eigenvalue weighted by atomic mass is 9.99. The molecule has 0 aliphatic carbocycles. The summed E-state index contributed by atoms with van der Waals surface area (Å²) in [6, 6.07) is 7.57. The van der Waals surface area contributed by atoms with Crippen LogP contribution in [-0.2, 0) is 0 Å². The second-order valence-electron chi connectivity index (χ2n) is 4.94. The Morgan fingerprint density at radius 3 is 2.79 bits per heavy atom. The molecule has 4 heteroatoms. The van der Waals surface area contributed by atoms with Crippen molar-refractivity contribution in [1.82, 2.24) is 4.98 Å². The summed E-state index contributed by atoms with van der Waals surface area (Å²) in [5, 5.41) is 1.62. The zero-order valence-electron chi connectivity index (χ0n) is 11.1. The van der Waals surface area contributed by atoms with E-state index in [1.165, 1.54) is 0 Å². The van der Waals surface area contributed by atoms with Crippen LogP contribution in [0.25, 0.3) is 10.9 Å². The molecule has 1 aromatic carbocycles. The minimum Gasteiger partial charge on any atom is -0.491 e.